The van der Waals surface area contributed by atoms with Gasteiger partial charge in [0.1, 0.15) is 12.1 Å². The minimum absolute atomic E-state index is 0.0646. The van der Waals surface area contributed by atoms with Gasteiger partial charge in [-0.05, 0) is 37.8 Å². The zero-order valence-corrected chi connectivity index (χ0v) is 11.5. The fourth-order valence-electron chi connectivity index (χ4n) is 3.72. The summed E-state index contributed by atoms with van der Waals surface area (Å²) >= 11 is 0. The fraction of sp³-hybridized carbons (Fsp3) is 0.562. The predicted octanol–water partition coefficient (Wildman–Crippen LogP) is 1.95. The van der Waals surface area contributed by atoms with E-state index in [-0.39, 0.29) is 11.9 Å². The van der Waals surface area contributed by atoms with Crippen LogP contribution in [0.3, 0.4) is 0 Å². The van der Waals surface area contributed by atoms with E-state index in [4.69, 9.17) is 0 Å². The van der Waals surface area contributed by atoms with E-state index < -0.39 is 11.5 Å². The summed E-state index contributed by atoms with van der Waals surface area (Å²) in [6.45, 7) is 8.19. The predicted molar refractivity (Wildman–Crippen MR) is 77.1 cm³/mol. The van der Waals surface area contributed by atoms with Crippen LogP contribution in [0.15, 0.2) is 29.8 Å². The molecule has 1 saturated carbocycles. The van der Waals surface area contributed by atoms with E-state index in [0.717, 1.165) is 19.3 Å². The molecule has 3 rings (SSSR count). The first-order valence-corrected chi connectivity index (χ1v) is 7.14. The summed E-state index contributed by atoms with van der Waals surface area (Å²) < 4.78 is 0. The second-order valence-corrected chi connectivity index (χ2v) is 6.07. The van der Waals surface area contributed by atoms with Crippen molar-refractivity contribution < 1.29 is 4.79 Å². The molecule has 0 aromatic rings. The van der Waals surface area contributed by atoms with Gasteiger partial charge in [0.25, 0.3) is 0 Å². The van der Waals surface area contributed by atoms with Crippen molar-refractivity contribution in [1.29, 1.82) is 5.26 Å². The van der Waals surface area contributed by atoms with Crippen LogP contribution in [0.25, 0.3) is 0 Å². The molecule has 104 valence electrons. The summed E-state index contributed by atoms with van der Waals surface area (Å²) in [7, 11) is 0. The lowest BCUT2D eigenvalue weighted by molar-refractivity contribution is -0.134. The van der Waals surface area contributed by atoms with Gasteiger partial charge in [-0.2, -0.15) is 5.26 Å². The van der Waals surface area contributed by atoms with Crippen molar-refractivity contribution in [2.24, 2.45) is 22.2 Å². The van der Waals surface area contributed by atoms with Gasteiger partial charge in [-0.15, -0.1) is 6.58 Å². The Morgan fingerprint density at radius 1 is 1.65 bits per heavy atom. The number of carbonyl (C=O) groups excluding carboxylic acids is 1. The van der Waals surface area contributed by atoms with Crippen LogP contribution in [0, 0.1) is 28.6 Å². The van der Waals surface area contributed by atoms with E-state index in [1.165, 1.54) is 0 Å². The Bertz CT molecular complexity index is 532. The minimum Gasteiger partial charge on any atom is -0.324 e. The first-order valence-electron chi connectivity index (χ1n) is 7.14. The zero-order chi connectivity index (χ0) is 14.3. The lowest BCUT2D eigenvalue weighted by Gasteiger charge is -2.34. The molecule has 2 aliphatic carbocycles. The molecule has 0 aromatic carbocycles. The van der Waals surface area contributed by atoms with E-state index >= 15 is 0 Å². The van der Waals surface area contributed by atoms with Crippen LogP contribution >= 0.6 is 0 Å². The summed E-state index contributed by atoms with van der Waals surface area (Å²) in [4.78, 5) is 18.6. The number of amides is 1. The fourth-order valence-corrected chi connectivity index (χ4v) is 3.72. The van der Waals surface area contributed by atoms with Crippen molar-refractivity contribution in [3.63, 3.8) is 0 Å². The van der Waals surface area contributed by atoms with Crippen LogP contribution in [0.2, 0.25) is 0 Å². The molecule has 3 aliphatic rings. The molecule has 4 nitrogen and oxygen atoms in total. The number of fused-ring (bicyclic) bond motifs is 1. The van der Waals surface area contributed by atoms with Gasteiger partial charge < -0.3 is 4.90 Å². The number of piperidine rings is 1. The molecule has 20 heavy (non-hydrogen) atoms. The summed E-state index contributed by atoms with van der Waals surface area (Å²) in [5.41, 5.74) is -0.425. The van der Waals surface area contributed by atoms with Crippen molar-refractivity contribution in [2.45, 2.75) is 31.3 Å². The highest BCUT2D eigenvalue weighted by Gasteiger charge is 2.56. The van der Waals surface area contributed by atoms with Crippen LogP contribution in [0.1, 0.15) is 19.3 Å². The first-order chi connectivity index (χ1) is 9.66. The van der Waals surface area contributed by atoms with E-state index in [1.807, 2.05) is 12.2 Å². The molecule has 0 bridgehead atoms. The molecule has 5 atom stereocenters. The number of carbonyl (C=O) groups is 1. The van der Waals surface area contributed by atoms with Gasteiger partial charge in [0.05, 0.1) is 6.07 Å². The lowest BCUT2D eigenvalue weighted by Crippen LogP contribution is -2.48. The summed E-state index contributed by atoms with van der Waals surface area (Å²) in [5.74, 6) is 0.839. The number of rotatable bonds is 4. The first kappa shape index (κ1) is 13.1. The molecular weight excluding hydrogens is 250 g/mol. The number of hydrogen-bond acceptors (Lipinski definition) is 3. The molecule has 2 fully saturated rings. The maximum Gasteiger partial charge on any atom is 0.249 e. The summed E-state index contributed by atoms with van der Waals surface area (Å²) in [5, 5.41) is 9.30. The standard InChI is InChI=1S/C16H19N3O/c1-3-16(6-4-5-7-16)14(18-2)15(20)19-10-11-8-12(11)13(19)9-17/h3-4,6,11-14H,1-2,5,7-8,10H2/t11-,12-,13-,14?,16-/m1/s1. The highest BCUT2D eigenvalue weighted by molar-refractivity contribution is 5.85. The highest BCUT2D eigenvalue weighted by atomic mass is 16.2. The third-order valence-electron chi connectivity index (χ3n) is 5.04. The molecule has 0 N–H and O–H groups in total. The third kappa shape index (κ3) is 1.73. The van der Waals surface area contributed by atoms with Crippen molar-refractivity contribution in [2.75, 3.05) is 6.54 Å². The number of aliphatic imine (C=N–C) groups is 1. The van der Waals surface area contributed by atoms with Crippen LogP contribution in [-0.2, 0) is 4.79 Å². The summed E-state index contributed by atoms with van der Waals surface area (Å²) in [6.07, 6.45) is 8.75. The number of allylic oxidation sites excluding steroid dienone is 1. The molecule has 1 unspecified atom stereocenters. The Balaban J connectivity index is 1.85. The lowest BCUT2D eigenvalue weighted by atomic mass is 9.79. The van der Waals surface area contributed by atoms with Gasteiger partial charge >= 0.3 is 0 Å². The molecule has 0 radical (unpaired) electrons. The average Bonchev–Trinajstić information content (AvgIpc) is 2.91. The molecule has 1 heterocycles. The van der Waals surface area contributed by atoms with Crippen LogP contribution in [0.4, 0.5) is 0 Å². The van der Waals surface area contributed by atoms with Gasteiger partial charge in [-0.3, -0.25) is 9.79 Å². The molecular formula is C16H19N3O. The second kappa shape index (κ2) is 4.59. The molecule has 1 aliphatic heterocycles. The number of nitriles is 1. The maximum atomic E-state index is 12.8. The minimum atomic E-state index is -0.549. The van der Waals surface area contributed by atoms with Crippen molar-refractivity contribution >= 4 is 12.6 Å². The maximum absolute atomic E-state index is 12.8. The van der Waals surface area contributed by atoms with Gasteiger partial charge in [0.15, 0.2) is 0 Å². The number of hydrogen-bond donors (Lipinski definition) is 0. The Morgan fingerprint density at radius 3 is 3.00 bits per heavy atom. The van der Waals surface area contributed by atoms with Crippen LogP contribution in [0.5, 0.6) is 0 Å². The van der Waals surface area contributed by atoms with Gasteiger partial charge in [0.2, 0.25) is 5.91 Å². The highest BCUT2D eigenvalue weighted by Crippen LogP contribution is 2.50. The van der Waals surface area contributed by atoms with Crippen molar-refractivity contribution in [3.05, 3.63) is 24.8 Å². The quantitative estimate of drug-likeness (QED) is 0.578. The zero-order valence-electron chi connectivity index (χ0n) is 11.5. The van der Waals surface area contributed by atoms with E-state index in [2.05, 4.69) is 30.4 Å². The van der Waals surface area contributed by atoms with Gasteiger partial charge in [-0.25, -0.2) is 0 Å². The van der Waals surface area contributed by atoms with Gasteiger partial charge in [-0.1, -0.05) is 18.2 Å². The Labute approximate surface area is 119 Å². The Hall–Kier alpha value is -1.89. The molecule has 0 aromatic heterocycles. The number of nitrogens with zero attached hydrogens (tertiary/aromatic N) is 3. The number of likely N-dealkylation sites (tertiary alicyclic amines) is 1. The summed E-state index contributed by atoms with van der Waals surface area (Å²) in [6, 6.07) is 1.46. The van der Waals surface area contributed by atoms with E-state index in [1.54, 1.807) is 4.90 Å². The Kier molecular flexibility index (Phi) is 3.01. The molecule has 1 amide bonds. The molecule has 1 saturated heterocycles. The van der Waals surface area contributed by atoms with Crippen molar-refractivity contribution in [1.82, 2.24) is 4.90 Å². The second-order valence-electron chi connectivity index (χ2n) is 6.07. The van der Waals surface area contributed by atoms with Crippen molar-refractivity contribution in [3.8, 4) is 6.07 Å². The van der Waals surface area contributed by atoms with Crippen LogP contribution < -0.4 is 0 Å². The molecule has 0 spiro atoms. The smallest absolute Gasteiger partial charge is 0.249 e. The Morgan fingerprint density at radius 2 is 2.45 bits per heavy atom. The normalized spacial score (nSPS) is 39.0. The SMILES string of the molecule is C=C[C@@]1(C(N=C)C(=O)N2C[C@H]3C[C@H]3[C@H]2C#N)C=CCC1. The third-order valence-corrected chi connectivity index (χ3v) is 5.04. The van der Waals surface area contributed by atoms with Gasteiger partial charge in [0, 0.05) is 12.0 Å². The monoisotopic (exact) mass is 269 g/mol. The average molecular weight is 269 g/mol. The molecule has 4 heteroatoms. The largest absolute Gasteiger partial charge is 0.324 e. The van der Waals surface area contributed by atoms with E-state index in [0.29, 0.717) is 18.4 Å². The van der Waals surface area contributed by atoms with Crippen LogP contribution in [-0.4, -0.2) is 36.2 Å². The topological polar surface area (TPSA) is 56.5 Å². The van der Waals surface area contributed by atoms with E-state index in [9.17, 15) is 10.1 Å².